The first-order valence-electron chi connectivity index (χ1n) is 8.18. The van der Waals surface area contributed by atoms with Gasteiger partial charge in [-0.05, 0) is 19.1 Å². The molecule has 26 heavy (non-hydrogen) atoms. The Bertz CT molecular complexity index is 757. The summed E-state index contributed by atoms with van der Waals surface area (Å²) in [4.78, 5) is 13.7. The number of likely N-dealkylation sites (N-methyl/N-ethyl adjacent to an activating group) is 1. The molecule has 1 atom stereocenters. The van der Waals surface area contributed by atoms with Crippen LogP contribution in [-0.2, 0) is 21.0 Å². The molecule has 1 heterocycles. The summed E-state index contributed by atoms with van der Waals surface area (Å²) in [6.07, 6.45) is -4.75. The van der Waals surface area contributed by atoms with Crippen molar-refractivity contribution in [3.63, 3.8) is 0 Å². The van der Waals surface area contributed by atoms with Crippen molar-refractivity contribution in [2.45, 2.75) is 24.0 Å². The molecule has 2 rings (SSSR count). The summed E-state index contributed by atoms with van der Waals surface area (Å²) in [5.41, 5.74) is -1.16. The Morgan fingerprint density at radius 3 is 2.23 bits per heavy atom. The first-order chi connectivity index (χ1) is 12.0. The van der Waals surface area contributed by atoms with Gasteiger partial charge in [-0.3, -0.25) is 4.79 Å². The van der Waals surface area contributed by atoms with Gasteiger partial charge in [0.25, 0.3) is 5.91 Å². The molecule has 0 unspecified atom stereocenters. The number of rotatable bonds is 4. The van der Waals surface area contributed by atoms with Gasteiger partial charge in [-0.2, -0.15) is 17.5 Å². The highest BCUT2D eigenvalue weighted by Gasteiger charge is 2.40. The fourth-order valence-electron chi connectivity index (χ4n) is 3.07. The second-order valence-corrected chi connectivity index (χ2v) is 8.42. The van der Waals surface area contributed by atoms with E-state index in [9.17, 15) is 26.4 Å². The summed E-state index contributed by atoms with van der Waals surface area (Å²) >= 11 is 0. The quantitative estimate of drug-likeness (QED) is 0.786. The molecule has 1 saturated heterocycles. The third-order valence-corrected chi connectivity index (χ3v) is 6.56. The van der Waals surface area contributed by atoms with Gasteiger partial charge in [-0.1, -0.05) is 12.1 Å². The average Bonchev–Trinajstić information content (AvgIpc) is 2.59. The van der Waals surface area contributed by atoms with Crippen LogP contribution in [0.2, 0.25) is 0 Å². The number of hydrogen-bond acceptors (Lipinski definition) is 3. The highest BCUT2D eigenvalue weighted by Crippen LogP contribution is 2.35. The fourth-order valence-corrected chi connectivity index (χ4v) is 4.73. The SMILES string of the molecule is C[C@H](C(=O)N(C)C)[NH+]1CCN(S(=O)(=O)c2ccccc2C(F)(F)F)CC1. The fraction of sp³-hybridized carbons (Fsp3) is 0.562. The summed E-state index contributed by atoms with van der Waals surface area (Å²) in [5.74, 6) is -0.0706. The van der Waals surface area contributed by atoms with Gasteiger partial charge in [0.05, 0.1) is 36.6 Å². The molecule has 1 aromatic carbocycles. The van der Waals surface area contributed by atoms with Crippen LogP contribution in [0.5, 0.6) is 0 Å². The van der Waals surface area contributed by atoms with Crippen LogP contribution in [0.3, 0.4) is 0 Å². The molecule has 6 nitrogen and oxygen atoms in total. The number of quaternary nitrogens is 1. The number of piperazine rings is 1. The Balaban J connectivity index is 2.18. The van der Waals surface area contributed by atoms with E-state index in [4.69, 9.17) is 0 Å². The zero-order valence-electron chi connectivity index (χ0n) is 14.9. The molecule has 1 aromatic rings. The summed E-state index contributed by atoms with van der Waals surface area (Å²) in [6, 6.07) is 3.86. The number of alkyl halides is 3. The van der Waals surface area contributed by atoms with Crippen molar-refractivity contribution in [1.82, 2.24) is 9.21 Å². The second-order valence-electron chi connectivity index (χ2n) is 6.51. The number of halogens is 3. The van der Waals surface area contributed by atoms with Crippen molar-refractivity contribution in [2.24, 2.45) is 0 Å². The number of sulfonamides is 1. The van der Waals surface area contributed by atoms with E-state index in [1.54, 1.807) is 21.0 Å². The normalized spacial score (nSPS) is 18.5. The minimum atomic E-state index is -4.75. The lowest BCUT2D eigenvalue weighted by atomic mass is 10.2. The molecule has 1 aliphatic rings. The predicted molar refractivity (Wildman–Crippen MR) is 89.1 cm³/mol. The molecular weight excluding hydrogens is 371 g/mol. The number of amides is 1. The van der Waals surface area contributed by atoms with Crippen LogP contribution in [0.25, 0.3) is 0 Å². The Kier molecular flexibility index (Phi) is 5.99. The van der Waals surface area contributed by atoms with E-state index in [1.807, 2.05) is 0 Å². The highest BCUT2D eigenvalue weighted by molar-refractivity contribution is 7.89. The number of benzene rings is 1. The molecule has 0 radical (unpaired) electrons. The van der Waals surface area contributed by atoms with E-state index in [-0.39, 0.29) is 25.0 Å². The van der Waals surface area contributed by atoms with E-state index < -0.39 is 26.7 Å². The number of carbonyl (C=O) groups is 1. The molecule has 0 saturated carbocycles. The van der Waals surface area contributed by atoms with Crippen molar-refractivity contribution in [3.8, 4) is 0 Å². The van der Waals surface area contributed by atoms with Crippen LogP contribution in [0.15, 0.2) is 29.2 Å². The monoisotopic (exact) mass is 394 g/mol. The lowest BCUT2D eigenvalue weighted by Gasteiger charge is -2.35. The Morgan fingerprint density at radius 1 is 1.19 bits per heavy atom. The van der Waals surface area contributed by atoms with Crippen LogP contribution < -0.4 is 4.90 Å². The number of nitrogens with zero attached hydrogens (tertiary/aromatic N) is 2. The van der Waals surface area contributed by atoms with Crippen molar-refractivity contribution < 1.29 is 31.3 Å². The van der Waals surface area contributed by atoms with Crippen molar-refractivity contribution in [2.75, 3.05) is 40.3 Å². The maximum Gasteiger partial charge on any atom is 0.417 e. The minimum Gasteiger partial charge on any atom is -0.344 e. The maximum absolute atomic E-state index is 13.1. The van der Waals surface area contributed by atoms with E-state index >= 15 is 0 Å². The van der Waals surface area contributed by atoms with Gasteiger partial charge in [0.2, 0.25) is 10.0 Å². The molecule has 0 aromatic heterocycles. The van der Waals surface area contributed by atoms with Crippen molar-refractivity contribution >= 4 is 15.9 Å². The third-order valence-electron chi connectivity index (χ3n) is 4.60. The molecule has 10 heteroatoms. The van der Waals surface area contributed by atoms with Gasteiger partial charge in [0.1, 0.15) is 0 Å². The average molecular weight is 394 g/mol. The predicted octanol–water partition coefficient (Wildman–Crippen LogP) is 0.0713. The number of hydrogen-bond donors (Lipinski definition) is 1. The van der Waals surface area contributed by atoms with Gasteiger partial charge in [0.15, 0.2) is 6.04 Å². The van der Waals surface area contributed by atoms with E-state index in [0.29, 0.717) is 13.1 Å². The molecule has 0 aliphatic carbocycles. The van der Waals surface area contributed by atoms with Crippen LogP contribution >= 0.6 is 0 Å². The molecule has 1 amide bonds. The molecule has 1 aliphatic heterocycles. The molecule has 0 spiro atoms. The Hall–Kier alpha value is -1.65. The van der Waals surface area contributed by atoms with E-state index in [1.165, 1.54) is 17.0 Å². The van der Waals surface area contributed by atoms with Gasteiger partial charge in [-0.25, -0.2) is 8.42 Å². The maximum atomic E-state index is 13.1. The van der Waals surface area contributed by atoms with E-state index in [0.717, 1.165) is 21.3 Å². The summed E-state index contributed by atoms with van der Waals surface area (Å²) < 4.78 is 65.9. The van der Waals surface area contributed by atoms with E-state index in [2.05, 4.69) is 0 Å². The van der Waals surface area contributed by atoms with Crippen LogP contribution in [0.1, 0.15) is 12.5 Å². The first kappa shape index (κ1) is 20.7. The Morgan fingerprint density at radius 2 is 1.73 bits per heavy atom. The zero-order chi connectivity index (χ0) is 19.7. The molecule has 146 valence electrons. The van der Waals surface area contributed by atoms with Gasteiger partial charge in [-0.15, -0.1) is 0 Å². The zero-order valence-corrected chi connectivity index (χ0v) is 15.7. The smallest absolute Gasteiger partial charge is 0.344 e. The Labute approximate surface area is 151 Å². The largest absolute Gasteiger partial charge is 0.417 e. The topological polar surface area (TPSA) is 62.1 Å². The number of nitrogens with one attached hydrogen (secondary N) is 1. The lowest BCUT2D eigenvalue weighted by Crippen LogP contribution is -3.19. The van der Waals surface area contributed by atoms with Crippen LogP contribution in [0, 0.1) is 0 Å². The minimum absolute atomic E-state index is 0.0644. The van der Waals surface area contributed by atoms with Crippen LogP contribution in [-0.4, -0.2) is 69.8 Å². The van der Waals surface area contributed by atoms with Gasteiger partial charge >= 0.3 is 6.18 Å². The van der Waals surface area contributed by atoms with Gasteiger partial charge in [0, 0.05) is 14.1 Å². The summed E-state index contributed by atoms with van der Waals surface area (Å²) in [6.45, 7) is 2.60. The van der Waals surface area contributed by atoms with Gasteiger partial charge < -0.3 is 9.80 Å². The number of carbonyl (C=O) groups excluding carboxylic acids is 1. The lowest BCUT2D eigenvalue weighted by molar-refractivity contribution is -0.917. The molecule has 1 N–H and O–H groups in total. The van der Waals surface area contributed by atoms with Crippen molar-refractivity contribution in [3.05, 3.63) is 29.8 Å². The van der Waals surface area contributed by atoms with Crippen molar-refractivity contribution in [1.29, 1.82) is 0 Å². The van der Waals surface area contributed by atoms with Crippen LogP contribution in [0.4, 0.5) is 13.2 Å². The third kappa shape index (κ3) is 4.18. The highest BCUT2D eigenvalue weighted by atomic mass is 32.2. The summed E-state index contributed by atoms with van der Waals surface area (Å²) in [7, 11) is -0.965. The standard InChI is InChI=1S/C16H22F3N3O3S/c1-12(15(23)20(2)3)21-8-10-22(11-9-21)26(24,25)14-7-5-4-6-13(14)16(17,18)19/h4-7,12H,8-11H2,1-3H3/p+1/t12-/m1/s1. The second kappa shape index (κ2) is 7.53. The molecule has 1 fully saturated rings. The summed E-state index contributed by atoms with van der Waals surface area (Å²) in [5, 5.41) is 0. The first-order valence-corrected chi connectivity index (χ1v) is 9.62. The molecular formula is C16H23F3N3O3S+. The molecule has 0 bridgehead atoms.